The lowest BCUT2D eigenvalue weighted by molar-refractivity contribution is 0.102. The smallest absolute Gasteiger partial charge is 0.262 e. The summed E-state index contributed by atoms with van der Waals surface area (Å²) in [5.74, 6) is 0.214. The Balaban J connectivity index is 1.92. The summed E-state index contributed by atoms with van der Waals surface area (Å²) in [6.07, 6.45) is 0.457. The summed E-state index contributed by atoms with van der Waals surface area (Å²) in [6.45, 7) is 4.25. The minimum atomic E-state index is -0.143. The van der Waals surface area contributed by atoms with Crippen molar-refractivity contribution in [3.05, 3.63) is 57.6 Å². The molecule has 0 bridgehead atoms. The third kappa shape index (κ3) is 3.84. The molecule has 7 heteroatoms. The zero-order chi connectivity index (χ0) is 19.6. The van der Waals surface area contributed by atoms with Crippen LogP contribution in [0.15, 0.2) is 40.3 Å². The Hall–Kier alpha value is -2.38. The summed E-state index contributed by atoms with van der Waals surface area (Å²) in [5.41, 5.74) is 3.14. The van der Waals surface area contributed by atoms with E-state index in [4.69, 9.17) is 5.11 Å². The van der Waals surface area contributed by atoms with E-state index in [0.29, 0.717) is 34.6 Å². The van der Waals surface area contributed by atoms with Gasteiger partial charge in [0.15, 0.2) is 10.9 Å². The molecule has 1 N–H and O–H groups in total. The number of fused-ring (bicyclic) bond motifs is 1. The topological polar surface area (TPSA) is 77.1 Å². The molecule has 0 atom stereocenters. The van der Waals surface area contributed by atoms with Gasteiger partial charge in [0.1, 0.15) is 0 Å². The lowest BCUT2D eigenvalue weighted by Crippen LogP contribution is -2.24. The van der Waals surface area contributed by atoms with Crippen molar-refractivity contribution in [2.45, 2.75) is 32.0 Å². The van der Waals surface area contributed by atoms with Gasteiger partial charge in [0.2, 0.25) is 0 Å². The highest BCUT2D eigenvalue weighted by Gasteiger charge is 2.17. The largest absolute Gasteiger partial charge is 0.396 e. The van der Waals surface area contributed by atoms with Gasteiger partial charge >= 0.3 is 0 Å². The number of aromatic nitrogens is 3. The van der Waals surface area contributed by atoms with Crippen LogP contribution in [-0.4, -0.2) is 37.4 Å². The zero-order valence-corrected chi connectivity index (χ0v) is 16.5. The van der Waals surface area contributed by atoms with Gasteiger partial charge < -0.3 is 9.67 Å². The van der Waals surface area contributed by atoms with Crippen LogP contribution < -0.4 is 5.56 Å². The third-order valence-corrected chi connectivity index (χ3v) is 5.75. The summed E-state index contributed by atoms with van der Waals surface area (Å²) in [4.78, 5) is 30.1. The first-order chi connectivity index (χ1) is 12.9. The van der Waals surface area contributed by atoms with Crippen molar-refractivity contribution in [2.75, 3.05) is 12.4 Å². The Kier molecular flexibility index (Phi) is 5.82. The highest BCUT2D eigenvalue weighted by molar-refractivity contribution is 7.99. The van der Waals surface area contributed by atoms with Crippen molar-refractivity contribution in [1.82, 2.24) is 14.1 Å². The van der Waals surface area contributed by atoms with Crippen LogP contribution in [0, 0.1) is 13.8 Å². The molecule has 27 heavy (non-hydrogen) atoms. The summed E-state index contributed by atoms with van der Waals surface area (Å²) in [7, 11) is 1.94. The van der Waals surface area contributed by atoms with Gasteiger partial charge in [0, 0.05) is 37.2 Å². The van der Waals surface area contributed by atoms with E-state index >= 15 is 0 Å². The van der Waals surface area contributed by atoms with Crippen molar-refractivity contribution >= 4 is 28.4 Å². The van der Waals surface area contributed by atoms with E-state index in [2.05, 4.69) is 4.98 Å². The molecule has 0 saturated carbocycles. The van der Waals surface area contributed by atoms with Crippen LogP contribution in [0.3, 0.4) is 0 Å². The first-order valence-corrected chi connectivity index (χ1v) is 9.82. The van der Waals surface area contributed by atoms with E-state index in [-0.39, 0.29) is 23.7 Å². The van der Waals surface area contributed by atoms with E-state index in [0.717, 1.165) is 11.4 Å². The number of aliphatic hydroxyl groups excluding tert-OH is 1. The average Bonchev–Trinajstić information content (AvgIpc) is 2.93. The minimum Gasteiger partial charge on any atom is -0.396 e. The number of para-hydroxylation sites is 1. The quantitative estimate of drug-likeness (QED) is 0.384. The second kappa shape index (κ2) is 8.10. The molecule has 6 nitrogen and oxygen atoms in total. The molecular formula is C20H23N3O3S. The predicted molar refractivity (Wildman–Crippen MR) is 108 cm³/mol. The van der Waals surface area contributed by atoms with Gasteiger partial charge in [-0.2, -0.15) is 0 Å². The normalized spacial score (nSPS) is 11.3. The first kappa shape index (κ1) is 19.4. The molecule has 0 amide bonds. The molecule has 3 aromatic rings. The molecular weight excluding hydrogens is 362 g/mol. The van der Waals surface area contributed by atoms with Crippen LogP contribution in [0.1, 0.15) is 28.2 Å². The first-order valence-electron chi connectivity index (χ1n) is 8.83. The molecule has 2 aromatic heterocycles. The van der Waals surface area contributed by atoms with E-state index in [1.54, 1.807) is 22.8 Å². The maximum absolute atomic E-state index is 12.8. The average molecular weight is 385 g/mol. The standard InChI is InChI=1S/C20H23N3O3S/c1-13-11-16(14(2)22(13)3)18(25)12-27-20-21-17-8-5-4-7-15(17)19(26)23(20)9-6-10-24/h4-5,7-8,11,24H,6,9-10,12H2,1-3H3. The Morgan fingerprint density at radius 1 is 1.26 bits per heavy atom. The number of aryl methyl sites for hydroxylation is 1. The van der Waals surface area contributed by atoms with Crippen LogP contribution in [0.2, 0.25) is 0 Å². The molecule has 0 fully saturated rings. The molecule has 1 aromatic carbocycles. The van der Waals surface area contributed by atoms with Crippen LogP contribution in [0.5, 0.6) is 0 Å². The number of Topliss-reactive ketones (excluding diaryl/α,β-unsaturated/α-hetero) is 1. The van der Waals surface area contributed by atoms with Gasteiger partial charge in [0.25, 0.3) is 5.56 Å². The molecule has 2 heterocycles. The fourth-order valence-corrected chi connectivity index (χ4v) is 3.94. The molecule has 0 unspecified atom stereocenters. The van der Waals surface area contributed by atoms with Gasteiger partial charge in [-0.05, 0) is 38.5 Å². The maximum Gasteiger partial charge on any atom is 0.262 e. The van der Waals surface area contributed by atoms with Crippen LogP contribution in [0.4, 0.5) is 0 Å². The van der Waals surface area contributed by atoms with E-state index in [1.807, 2.05) is 37.6 Å². The van der Waals surface area contributed by atoms with Crippen molar-refractivity contribution < 1.29 is 9.90 Å². The van der Waals surface area contributed by atoms with Gasteiger partial charge in [-0.25, -0.2) is 4.98 Å². The minimum absolute atomic E-state index is 0.00914. The molecule has 0 spiro atoms. The summed E-state index contributed by atoms with van der Waals surface area (Å²) < 4.78 is 3.54. The lowest BCUT2D eigenvalue weighted by atomic mass is 10.2. The van der Waals surface area contributed by atoms with E-state index < -0.39 is 0 Å². The van der Waals surface area contributed by atoms with Crippen molar-refractivity contribution in [3.63, 3.8) is 0 Å². The maximum atomic E-state index is 12.8. The third-order valence-electron chi connectivity index (χ3n) is 4.77. The number of aliphatic hydroxyl groups is 1. The Morgan fingerprint density at radius 3 is 2.67 bits per heavy atom. The molecule has 0 saturated heterocycles. The number of hydrogen-bond acceptors (Lipinski definition) is 5. The van der Waals surface area contributed by atoms with Crippen molar-refractivity contribution in [1.29, 1.82) is 0 Å². The molecule has 0 aliphatic rings. The number of rotatable bonds is 7. The van der Waals surface area contributed by atoms with Gasteiger partial charge in [-0.1, -0.05) is 23.9 Å². The van der Waals surface area contributed by atoms with Gasteiger partial charge in [0.05, 0.1) is 16.7 Å². The molecule has 3 rings (SSSR count). The molecule has 0 aliphatic carbocycles. The Bertz CT molecular complexity index is 1050. The second-order valence-corrected chi connectivity index (χ2v) is 7.44. The summed E-state index contributed by atoms with van der Waals surface area (Å²) in [6, 6.07) is 9.08. The molecule has 0 aliphatic heterocycles. The Labute approximate surface area is 161 Å². The number of benzene rings is 1. The summed E-state index contributed by atoms with van der Waals surface area (Å²) in [5, 5.41) is 10.2. The summed E-state index contributed by atoms with van der Waals surface area (Å²) >= 11 is 1.26. The van der Waals surface area contributed by atoms with Crippen LogP contribution in [-0.2, 0) is 13.6 Å². The zero-order valence-electron chi connectivity index (χ0n) is 15.7. The van der Waals surface area contributed by atoms with Crippen molar-refractivity contribution in [2.24, 2.45) is 7.05 Å². The van der Waals surface area contributed by atoms with E-state index in [9.17, 15) is 9.59 Å². The number of carbonyl (C=O) groups excluding carboxylic acids is 1. The number of ketones is 1. The fourth-order valence-electron chi connectivity index (χ4n) is 3.03. The fraction of sp³-hybridized carbons (Fsp3) is 0.350. The monoisotopic (exact) mass is 385 g/mol. The number of nitrogens with zero attached hydrogens (tertiary/aromatic N) is 3. The number of thioether (sulfide) groups is 1. The van der Waals surface area contributed by atoms with Crippen LogP contribution in [0.25, 0.3) is 10.9 Å². The predicted octanol–water partition coefficient (Wildman–Crippen LogP) is 2.71. The van der Waals surface area contributed by atoms with E-state index in [1.165, 1.54) is 11.8 Å². The van der Waals surface area contributed by atoms with Gasteiger partial charge in [-0.3, -0.25) is 14.2 Å². The molecule has 0 radical (unpaired) electrons. The number of carbonyl (C=O) groups is 1. The molecule has 142 valence electrons. The highest BCUT2D eigenvalue weighted by Crippen LogP contribution is 2.21. The SMILES string of the molecule is Cc1cc(C(=O)CSc2nc3ccccc3c(=O)n2CCCO)c(C)n1C. The van der Waals surface area contributed by atoms with Gasteiger partial charge in [-0.15, -0.1) is 0 Å². The lowest BCUT2D eigenvalue weighted by Gasteiger charge is -2.12. The Morgan fingerprint density at radius 2 is 2.00 bits per heavy atom. The number of hydrogen-bond donors (Lipinski definition) is 1. The second-order valence-electron chi connectivity index (χ2n) is 6.50. The van der Waals surface area contributed by atoms with Crippen LogP contribution >= 0.6 is 11.8 Å². The van der Waals surface area contributed by atoms with Crippen molar-refractivity contribution in [3.8, 4) is 0 Å². The highest BCUT2D eigenvalue weighted by atomic mass is 32.2.